The quantitative estimate of drug-likeness (QED) is 0.663. The first-order chi connectivity index (χ1) is 4.68. The van der Waals surface area contributed by atoms with Crippen molar-refractivity contribution in [3.8, 4) is 0 Å². The van der Waals surface area contributed by atoms with Crippen LogP contribution < -0.4 is 5.32 Å². The molecule has 1 rings (SSSR count). The van der Waals surface area contributed by atoms with Crippen molar-refractivity contribution in [2.75, 3.05) is 5.32 Å². The fourth-order valence-electron chi connectivity index (χ4n) is 0.549. The average Bonchev–Trinajstić information content (AvgIpc) is 2.13. The molecule has 0 saturated carbocycles. The smallest absolute Gasteiger partial charge is 0.222 e. The van der Waals surface area contributed by atoms with Gasteiger partial charge in [-0.3, -0.25) is 4.79 Å². The maximum Gasteiger partial charge on any atom is 0.222 e. The molecule has 1 radical (unpaired) electrons. The van der Waals surface area contributed by atoms with E-state index in [-0.39, 0.29) is 5.91 Å². The van der Waals surface area contributed by atoms with E-state index in [1.807, 2.05) is 0 Å². The van der Waals surface area contributed by atoms with Crippen LogP contribution in [0.4, 0.5) is 5.82 Å². The van der Waals surface area contributed by atoms with Crippen molar-refractivity contribution in [2.45, 2.75) is 6.92 Å². The average molecular weight is 155 g/mol. The van der Waals surface area contributed by atoms with E-state index in [9.17, 15) is 4.79 Å². The third kappa shape index (κ3) is 1.80. The van der Waals surface area contributed by atoms with E-state index in [0.717, 1.165) is 0 Å². The summed E-state index contributed by atoms with van der Waals surface area (Å²) in [6.45, 7) is 5.05. The van der Waals surface area contributed by atoms with Crippen molar-refractivity contribution in [3.63, 3.8) is 0 Å². The maximum absolute atomic E-state index is 10.5. The third-order valence-electron chi connectivity index (χ3n) is 0.856. The van der Waals surface area contributed by atoms with Crippen molar-refractivity contribution in [3.05, 3.63) is 17.3 Å². The highest BCUT2D eigenvalue weighted by atomic mass is 32.1. The SMILES string of the molecule is [CH2]c1nc(NC(C)=O)cs1. The Bertz CT molecular complexity index is 244. The maximum atomic E-state index is 10.5. The molecule has 0 aliphatic heterocycles. The standard InChI is InChI=1S/C6H7N2OS/c1-4(9)7-6-3-10-5(2)8-6/h3H,2H2,1H3,(H,7,9). The molecule has 0 fully saturated rings. The zero-order valence-electron chi connectivity index (χ0n) is 5.55. The normalized spacial score (nSPS) is 9.40. The Morgan fingerprint density at radius 2 is 2.60 bits per heavy atom. The molecule has 0 unspecified atom stereocenters. The van der Waals surface area contributed by atoms with Crippen LogP contribution in [0.3, 0.4) is 0 Å². The predicted molar refractivity (Wildman–Crippen MR) is 40.9 cm³/mol. The molecule has 1 N–H and O–H groups in total. The molecule has 10 heavy (non-hydrogen) atoms. The van der Waals surface area contributed by atoms with Crippen LogP contribution in [0.1, 0.15) is 11.9 Å². The van der Waals surface area contributed by atoms with Gasteiger partial charge in [-0.2, -0.15) is 0 Å². The number of hydrogen-bond acceptors (Lipinski definition) is 3. The Kier molecular flexibility index (Phi) is 2.01. The van der Waals surface area contributed by atoms with Gasteiger partial charge >= 0.3 is 0 Å². The first-order valence-electron chi connectivity index (χ1n) is 2.73. The topological polar surface area (TPSA) is 42.0 Å². The molecule has 1 aromatic rings. The zero-order chi connectivity index (χ0) is 7.56. The molecule has 0 bridgehead atoms. The van der Waals surface area contributed by atoms with Gasteiger partial charge < -0.3 is 5.32 Å². The van der Waals surface area contributed by atoms with Crippen LogP contribution in [0.25, 0.3) is 0 Å². The lowest BCUT2D eigenvalue weighted by Crippen LogP contribution is -2.05. The predicted octanol–water partition coefficient (Wildman–Crippen LogP) is 1.28. The van der Waals surface area contributed by atoms with Gasteiger partial charge in [0.05, 0.1) is 5.01 Å². The van der Waals surface area contributed by atoms with Gasteiger partial charge in [-0.15, -0.1) is 11.3 Å². The van der Waals surface area contributed by atoms with Gasteiger partial charge in [-0.05, 0) is 0 Å². The van der Waals surface area contributed by atoms with Crippen molar-refractivity contribution >= 4 is 23.1 Å². The molecular weight excluding hydrogens is 148 g/mol. The first kappa shape index (κ1) is 7.21. The molecule has 0 atom stereocenters. The number of anilines is 1. The van der Waals surface area contributed by atoms with Gasteiger partial charge in [-0.1, -0.05) is 0 Å². The van der Waals surface area contributed by atoms with E-state index < -0.39 is 0 Å². The molecule has 4 heteroatoms. The van der Waals surface area contributed by atoms with Crippen molar-refractivity contribution < 1.29 is 4.79 Å². The van der Waals surface area contributed by atoms with Gasteiger partial charge in [0.25, 0.3) is 0 Å². The van der Waals surface area contributed by atoms with Crippen LogP contribution in [0, 0.1) is 6.92 Å². The number of nitrogens with one attached hydrogen (secondary N) is 1. The van der Waals surface area contributed by atoms with Crippen LogP contribution in [0.5, 0.6) is 0 Å². The minimum Gasteiger partial charge on any atom is -0.310 e. The number of nitrogens with zero attached hydrogens (tertiary/aromatic N) is 1. The molecule has 0 aliphatic carbocycles. The Hall–Kier alpha value is -0.900. The highest BCUT2D eigenvalue weighted by molar-refractivity contribution is 7.10. The minimum absolute atomic E-state index is 0.106. The lowest BCUT2D eigenvalue weighted by molar-refractivity contribution is -0.114. The molecule has 53 valence electrons. The summed E-state index contributed by atoms with van der Waals surface area (Å²) in [7, 11) is 0. The Morgan fingerprint density at radius 1 is 1.90 bits per heavy atom. The third-order valence-corrected chi connectivity index (χ3v) is 1.56. The highest BCUT2D eigenvalue weighted by Gasteiger charge is 1.97. The number of rotatable bonds is 1. The molecule has 1 heterocycles. The summed E-state index contributed by atoms with van der Waals surface area (Å²) in [5.74, 6) is 0.479. The number of aromatic nitrogens is 1. The van der Waals surface area contributed by atoms with Crippen LogP contribution in [-0.4, -0.2) is 10.9 Å². The number of amides is 1. The van der Waals surface area contributed by atoms with E-state index in [4.69, 9.17) is 0 Å². The molecule has 3 nitrogen and oxygen atoms in total. The van der Waals surface area contributed by atoms with E-state index in [2.05, 4.69) is 17.2 Å². The van der Waals surface area contributed by atoms with E-state index in [1.165, 1.54) is 18.3 Å². The first-order valence-corrected chi connectivity index (χ1v) is 3.61. The number of hydrogen-bond donors (Lipinski definition) is 1. The van der Waals surface area contributed by atoms with Crippen molar-refractivity contribution in [1.82, 2.24) is 4.98 Å². The van der Waals surface area contributed by atoms with Gasteiger partial charge in [0.15, 0.2) is 0 Å². The summed E-state index contributed by atoms with van der Waals surface area (Å²) in [6, 6.07) is 0. The summed E-state index contributed by atoms with van der Waals surface area (Å²) in [6.07, 6.45) is 0. The van der Waals surface area contributed by atoms with Crippen LogP contribution >= 0.6 is 11.3 Å². The number of thiazole rings is 1. The van der Waals surface area contributed by atoms with Gasteiger partial charge in [-0.25, -0.2) is 4.98 Å². The van der Waals surface area contributed by atoms with Crippen LogP contribution in [-0.2, 0) is 4.79 Å². The fourth-order valence-corrected chi connectivity index (χ4v) is 1.06. The Labute approximate surface area is 63.1 Å². The Morgan fingerprint density at radius 3 is 3.00 bits per heavy atom. The molecule has 0 saturated heterocycles. The highest BCUT2D eigenvalue weighted by Crippen LogP contribution is 2.11. The number of carbonyl (C=O) groups excluding carboxylic acids is 1. The largest absolute Gasteiger partial charge is 0.310 e. The summed E-state index contributed by atoms with van der Waals surface area (Å²) in [5, 5.41) is 5.01. The molecular formula is C6H7N2OS. The molecule has 1 aromatic heterocycles. The molecule has 0 spiro atoms. The Balaban J connectivity index is 2.67. The molecule has 0 aromatic carbocycles. The lowest BCUT2D eigenvalue weighted by Gasteiger charge is -1.92. The van der Waals surface area contributed by atoms with Crippen molar-refractivity contribution in [2.24, 2.45) is 0 Å². The summed E-state index contributed by atoms with van der Waals surface area (Å²) < 4.78 is 0. The molecule has 0 aliphatic rings. The van der Waals surface area contributed by atoms with Crippen LogP contribution in [0.2, 0.25) is 0 Å². The second kappa shape index (κ2) is 2.79. The summed E-state index contributed by atoms with van der Waals surface area (Å²) in [5.41, 5.74) is 0. The van der Waals surface area contributed by atoms with E-state index in [0.29, 0.717) is 10.8 Å². The van der Waals surface area contributed by atoms with Crippen molar-refractivity contribution in [1.29, 1.82) is 0 Å². The van der Waals surface area contributed by atoms with Gasteiger partial charge in [0.2, 0.25) is 5.91 Å². The van der Waals surface area contributed by atoms with Gasteiger partial charge in [0, 0.05) is 19.2 Å². The van der Waals surface area contributed by atoms with E-state index in [1.54, 1.807) is 5.38 Å². The second-order valence-corrected chi connectivity index (χ2v) is 2.75. The summed E-state index contributed by atoms with van der Waals surface area (Å²) >= 11 is 1.41. The summed E-state index contributed by atoms with van der Waals surface area (Å²) in [4.78, 5) is 14.4. The van der Waals surface area contributed by atoms with Crippen LogP contribution in [0.15, 0.2) is 5.38 Å². The molecule has 1 amide bonds. The fraction of sp³-hybridized carbons (Fsp3) is 0.167. The number of carbonyl (C=O) groups is 1. The zero-order valence-corrected chi connectivity index (χ0v) is 6.36. The van der Waals surface area contributed by atoms with Gasteiger partial charge in [0.1, 0.15) is 5.82 Å². The minimum atomic E-state index is -0.106. The lowest BCUT2D eigenvalue weighted by atomic mass is 10.6. The second-order valence-electron chi connectivity index (χ2n) is 1.81. The van der Waals surface area contributed by atoms with E-state index >= 15 is 0 Å². The monoisotopic (exact) mass is 155 g/mol.